The van der Waals surface area contributed by atoms with Crippen molar-refractivity contribution in [3.8, 4) is 0 Å². The number of aromatic amines is 1. The molecule has 0 amide bonds. The fourth-order valence-corrected chi connectivity index (χ4v) is 4.68. The van der Waals surface area contributed by atoms with E-state index in [4.69, 9.17) is 0 Å². The largest absolute Gasteiger partial charge is 0.416 e. The van der Waals surface area contributed by atoms with Crippen LogP contribution in [0.25, 0.3) is 21.8 Å². The number of aryl methyl sites for hydroxylation is 2. The molecular weight excluding hydrogens is 397 g/mol. The lowest BCUT2D eigenvalue weighted by Crippen LogP contribution is -2.21. The van der Waals surface area contributed by atoms with Crippen LogP contribution in [0.2, 0.25) is 0 Å². The van der Waals surface area contributed by atoms with E-state index in [9.17, 15) is 17.4 Å². The van der Waals surface area contributed by atoms with Gasteiger partial charge in [-0.25, -0.2) is 4.21 Å². The van der Waals surface area contributed by atoms with Gasteiger partial charge in [-0.15, -0.1) is 0 Å². The summed E-state index contributed by atoms with van der Waals surface area (Å²) >= 11 is 0. The molecule has 0 fully saturated rings. The van der Waals surface area contributed by atoms with Gasteiger partial charge in [-0.2, -0.15) is 13.2 Å². The molecule has 0 saturated heterocycles. The second-order valence-electron chi connectivity index (χ2n) is 7.05. The zero-order valence-electron chi connectivity index (χ0n) is 16.1. The van der Waals surface area contributed by atoms with E-state index in [0.29, 0.717) is 5.69 Å². The fraction of sp³-hybridized carbons (Fsp3) is 0.182. The van der Waals surface area contributed by atoms with Gasteiger partial charge in [0.1, 0.15) is 0 Å². The van der Waals surface area contributed by atoms with Crippen LogP contribution in [-0.2, 0) is 17.2 Å². The number of halogens is 3. The number of hydrogen-bond donors (Lipinski definition) is 1. The fourth-order valence-electron chi connectivity index (χ4n) is 3.61. The number of benzene rings is 3. The molecule has 4 aromatic rings. The van der Waals surface area contributed by atoms with E-state index in [-0.39, 0.29) is 4.90 Å². The van der Waals surface area contributed by atoms with Gasteiger partial charge in [-0.05, 0) is 49.2 Å². The highest BCUT2D eigenvalue weighted by atomic mass is 32.2. The van der Waals surface area contributed by atoms with Gasteiger partial charge >= 0.3 is 6.18 Å². The van der Waals surface area contributed by atoms with Gasteiger partial charge < -0.3 is 4.98 Å². The Morgan fingerprint density at radius 3 is 2.34 bits per heavy atom. The molecule has 7 heteroatoms. The molecule has 0 bridgehead atoms. The Kier molecular flexibility index (Phi) is 4.65. The maximum Gasteiger partial charge on any atom is 0.416 e. The third-order valence-corrected chi connectivity index (χ3v) is 6.49. The summed E-state index contributed by atoms with van der Waals surface area (Å²) in [5.74, 6) is 0. The van der Waals surface area contributed by atoms with Gasteiger partial charge in [0.25, 0.3) is 0 Å². The van der Waals surface area contributed by atoms with Crippen LogP contribution in [0.5, 0.6) is 0 Å². The SMILES string of the molecule is Cc1ccc(C)c2c1[nH]c1c(N(C)S(=O)c3cccc(C(F)(F)F)c3)cccc12. The highest BCUT2D eigenvalue weighted by molar-refractivity contribution is 7.86. The van der Waals surface area contributed by atoms with Crippen molar-refractivity contribution in [1.82, 2.24) is 4.98 Å². The first-order chi connectivity index (χ1) is 13.7. The van der Waals surface area contributed by atoms with Crippen LogP contribution in [0, 0.1) is 13.8 Å². The summed E-state index contributed by atoms with van der Waals surface area (Å²) in [5, 5.41) is 2.09. The monoisotopic (exact) mass is 416 g/mol. The zero-order chi connectivity index (χ0) is 20.9. The van der Waals surface area contributed by atoms with Crippen LogP contribution in [0.1, 0.15) is 16.7 Å². The number of hydrogen-bond acceptors (Lipinski definition) is 1. The van der Waals surface area contributed by atoms with E-state index < -0.39 is 22.7 Å². The third-order valence-electron chi connectivity index (χ3n) is 5.13. The number of alkyl halides is 3. The minimum atomic E-state index is -4.48. The molecule has 0 aliphatic heterocycles. The molecule has 3 aromatic carbocycles. The molecule has 29 heavy (non-hydrogen) atoms. The van der Waals surface area contributed by atoms with E-state index in [1.807, 2.05) is 38.1 Å². The number of nitrogens with one attached hydrogen (secondary N) is 1. The maximum absolute atomic E-state index is 13.1. The smallest absolute Gasteiger partial charge is 0.353 e. The number of para-hydroxylation sites is 1. The summed E-state index contributed by atoms with van der Waals surface area (Å²) in [7, 11) is -0.178. The van der Waals surface area contributed by atoms with Crippen molar-refractivity contribution in [3.05, 3.63) is 71.3 Å². The minimum Gasteiger partial charge on any atom is -0.353 e. The van der Waals surface area contributed by atoms with E-state index >= 15 is 0 Å². The molecule has 0 radical (unpaired) electrons. The maximum atomic E-state index is 13.1. The number of rotatable bonds is 3. The van der Waals surface area contributed by atoms with Crippen molar-refractivity contribution in [2.75, 3.05) is 11.4 Å². The number of H-pyrrole nitrogens is 1. The molecule has 0 aliphatic carbocycles. The van der Waals surface area contributed by atoms with Crippen LogP contribution >= 0.6 is 0 Å². The summed E-state index contributed by atoms with van der Waals surface area (Å²) in [6.07, 6.45) is -4.48. The Hall–Kier alpha value is -2.80. The Morgan fingerprint density at radius 2 is 1.62 bits per heavy atom. The number of anilines is 1. The molecule has 0 saturated carbocycles. The first-order valence-electron chi connectivity index (χ1n) is 9.02. The van der Waals surface area contributed by atoms with Crippen LogP contribution in [0.4, 0.5) is 18.9 Å². The molecule has 0 aliphatic rings. The number of nitrogens with zero attached hydrogens (tertiary/aromatic N) is 1. The van der Waals surface area contributed by atoms with Gasteiger partial charge in [-0.3, -0.25) is 4.31 Å². The molecule has 1 N–H and O–H groups in total. The number of aromatic nitrogens is 1. The van der Waals surface area contributed by atoms with Gasteiger partial charge in [-0.1, -0.05) is 30.3 Å². The van der Waals surface area contributed by atoms with Crippen molar-refractivity contribution < 1.29 is 17.4 Å². The highest BCUT2D eigenvalue weighted by Crippen LogP contribution is 2.36. The molecule has 1 unspecified atom stereocenters. The van der Waals surface area contributed by atoms with Crippen molar-refractivity contribution in [1.29, 1.82) is 0 Å². The van der Waals surface area contributed by atoms with E-state index in [0.717, 1.165) is 45.1 Å². The quantitative estimate of drug-likeness (QED) is 0.429. The van der Waals surface area contributed by atoms with Gasteiger partial charge in [0.2, 0.25) is 0 Å². The summed E-state index contributed by atoms with van der Waals surface area (Å²) in [4.78, 5) is 3.52. The molecule has 1 aromatic heterocycles. The normalized spacial score (nSPS) is 13.2. The van der Waals surface area contributed by atoms with Gasteiger partial charge in [0.15, 0.2) is 11.0 Å². The van der Waals surface area contributed by atoms with Crippen molar-refractivity contribution in [2.45, 2.75) is 24.9 Å². The molecule has 0 spiro atoms. The average molecular weight is 416 g/mol. The molecule has 1 heterocycles. The molecule has 150 valence electrons. The van der Waals surface area contributed by atoms with E-state index in [1.54, 1.807) is 7.05 Å². The predicted molar refractivity (Wildman–Crippen MR) is 112 cm³/mol. The van der Waals surface area contributed by atoms with Crippen molar-refractivity contribution >= 4 is 38.5 Å². The Bertz CT molecular complexity index is 1260. The topological polar surface area (TPSA) is 36.1 Å². The van der Waals surface area contributed by atoms with Crippen LogP contribution in [0.15, 0.2) is 59.5 Å². The Balaban J connectivity index is 1.84. The van der Waals surface area contributed by atoms with E-state index in [1.165, 1.54) is 16.4 Å². The molecule has 3 nitrogen and oxygen atoms in total. The van der Waals surface area contributed by atoms with Crippen molar-refractivity contribution in [3.63, 3.8) is 0 Å². The van der Waals surface area contributed by atoms with Crippen LogP contribution in [-0.4, -0.2) is 16.2 Å². The van der Waals surface area contributed by atoms with Crippen molar-refractivity contribution in [2.24, 2.45) is 0 Å². The standard InChI is InChI=1S/C22H19F3N2OS/c1-13-10-11-14(2)20-19(13)17-8-5-9-18(21(17)26-20)27(3)29(28)16-7-4-6-15(12-16)22(23,24)25/h4-12,26H,1-3H3. The summed E-state index contributed by atoms with van der Waals surface area (Å²) in [6, 6.07) is 14.4. The lowest BCUT2D eigenvalue weighted by Gasteiger charge is -2.19. The van der Waals surface area contributed by atoms with E-state index in [2.05, 4.69) is 11.1 Å². The lowest BCUT2D eigenvalue weighted by molar-refractivity contribution is -0.137. The van der Waals surface area contributed by atoms with Gasteiger partial charge in [0.05, 0.1) is 21.7 Å². The number of fused-ring (bicyclic) bond motifs is 3. The molecule has 4 rings (SSSR count). The summed E-state index contributed by atoms with van der Waals surface area (Å²) in [6.45, 7) is 4.05. The predicted octanol–water partition coefficient (Wildman–Crippen LogP) is 6.12. The lowest BCUT2D eigenvalue weighted by atomic mass is 10.0. The highest BCUT2D eigenvalue weighted by Gasteiger charge is 2.31. The first kappa shape index (κ1) is 19.5. The van der Waals surface area contributed by atoms with Crippen LogP contribution in [0.3, 0.4) is 0 Å². The second kappa shape index (κ2) is 6.91. The molecular formula is C22H19F3N2OS. The third kappa shape index (κ3) is 3.29. The molecule has 1 atom stereocenters. The minimum absolute atomic E-state index is 0.0998. The average Bonchev–Trinajstić information content (AvgIpc) is 3.10. The first-order valence-corrected chi connectivity index (χ1v) is 10.1. The summed E-state index contributed by atoms with van der Waals surface area (Å²) < 4.78 is 53.7. The Labute approximate surface area is 168 Å². The Morgan fingerprint density at radius 1 is 0.931 bits per heavy atom. The summed E-state index contributed by atoms with van der Waals surface area (Å²) in [5.41, 5.74) is 3.87. The van der Waals surface area contributed by atoms with Gasteiger partial charge in [0, 0.05) is 23.3 Å². The van der Waals surface area contributed by atoms with Crippen LogP contribution < -0.4 is 4.31 Å². The zero-order valence-corrected chi connectivity index (χ0v) is 16.9. The second-order valence-corrected chi connectivity index (χ2v) is 8.56.